The maximum Gasteiger partial charge on any atom is 0.253 e. The van der Waals surface area contributed by atoms with E-state index >= 15 is 0 Å². The number of fused-ring (bicyclic) bond motifs is 1. The van der Waals surface area contributed by atoms with Crippen molar-refractivity contribution < 1.29 is 4.79 Å². The van der Waals surface area contributed by atoms with Gasteiger partial charge >= 0.3 is 0 Å². The number of hydrogen-bond donors (Lipinski definition) is 2. The third kappa shape index (κ3) is 4.78. The van der Waals surface area contributed by atoms with E-state index in [-0.39, 0.29) is 5.91 Å². The summed E-state index contributed by atoms with van der Waals surface area (Å²) < 4.78 is 0. The number of nitrogens with zero attached hydrogens (tertiary/aromatic N) is 4. The van der Waals surface area contributed by atoms with Crippen molar-refractivity contribution in [3.8, 4) is 0 Å². The fourth-order valence-electron chi connectivity index (χ4n) is 3.95. The minimum atomic E-state index is 0.0809. The van der Waals surface area contributed by atoms with Crippen LogP contribution in [0.1, 0.15) is 21.5 Å². The molecule has 166 valence electrons. The Labute approximate surface area is 192 Å². The van der Waals surface area contributed by atoms with Crippen LogP contribution in [0, 0.1) is 0 Å². The molecule has 33 heavy (non-hydrogen) atoms. The topological polar surface area (TPSA) is 77.1 Å². The summed E-state index contributed by atoms with van der Waals surface area (Å²) in [5, 5.41) is 4.38. The lowest BCUT2D eigenvalue weighted by Crippen LogP contribution is -2.47. The smallest absolute Gasteiger partial charge is 0.253 e. The Bertz CT molecular complexity index is 1270. The van der Waals surface area contributed by atoms with Gasteiger partial charge < -0.3 is 20.1 Å². The van der Waals surface area contributed by atoms with Gasteiger partial charge in [-0.05, 0) is 49.0 Å². The lowest BCUT2D eigenvalue weighted by Gasteiger charge is -2.32. The van der Waals surface area contributed by atoms with Crippen molar-refractivity contribution in [3.63, 3.8) is 0 Å². The van der Waals surface area contributed by atoms with E-state index < -0.39 is 0 Å². The summed E-state index contributed by atoms with van der Waals surface area (Å²) in [4.78, 5) is 28.9. The van der Waals surface area contributed by atoms with Gasteiger partial charge in [-0.1, -0.05) is 24.3 Å². The van der Waals surface area contributed by atoms with Crippen LogP contribution in [-0.2, 0) is 0 Å². The zero-order chi connectivity index (χ0) is 22.6. The summed E-state index contributed by atoms with van der Waals surface area (Å²) in [7, 11) is 2.08. The number of hydrogen-bond acceptors (Lipinski definition) is 5. The van der Waals surface area contributed by atoms with Crippen LogP contribution in [0.15, 0.2) is 67.1 Å². The number of nitrogens with one attached hydrogen (secondary N) is 2. The number of aromatic nitrogens is 3. The molecule has 1 aliphatic heterocycles. The predicted octanol–water partition coefficient (Wildman–Crippen LogP) is 4.26. The number of piperazine rings is 1. The summed E-state index contributed by atoms with van der Waals surface area (Å²) in [5.41, 5.74) is 4.71. The predicted molar refractivity (Wildman–Crippen MR) is 132 cm³/mol. The number of rotatable bonds is 5. The number of carbonyl (C=O) groups excluding carboxylic acids is 1. The number of anilines is 2. The Morgan fingerprint density at radius 1 is 0.970 bits per heavy atom. The molecule has 0 aliphatic carbocycles. The summed E-state index contributed by atoms with van der Waals surface area (Å²) in [6, 6.07) is 15.7. The highest BCUT2D eigenvalue weighted by atomic mass is 16.2. The van der Waals surface area contributed by atoms with Crippen LogP contribution in [0.4, 0.5) is 11.6 Å². The minimum Gasteiger partial charge on any atom is -0.361 e. The van der Waals surface area contributed by atoms with Crippen molar-refractivity contribution in [2.24, 2.45) is 0 Å². The zero-order valence-electron chi connectivity index (χ0n) is 18.5. The highest BCUT2D eigenvalue weighted by Crippen LogP contribution is 2.20. The van der Waals surface area contributed by atoms with Crippen LogP contribution in [0.5, 0.6) is 0 Å². The fourth-order valence-corrected chi connectivity index (χ4v) is 3.95. The Kier molecular flexibility index (Phi) is 5.87. The van der Waals surface area contributed by atoms with Crippen LogP contribution in [0.25, 0.3) is 23.1 Å². The Hall–Kier alpha value is -3.97. The lowest BCUT2D eigenvalue weighted by atomic mass is 10.1. The minimum absolute atomic E-state index is 0.0809. The molecule has 7 heteroatoms. The molecule has 0 radical (unpaired) electrons. The molecule has 3 heterocycles. The molecule has 2 aromatic heterocycles. The first-order valence-corrected chi connectivity index (χ1v) is 11.1. The molecule has 1 saturated heterocycles. The lowest BCUT2D eigenvalue weighted by molar-refractivity contribution is 0.0664. The second kappa shape index (κ2) is 9.26. The standard InChI is InChI=1S/C26H26N6O/c1-31-13-15-32(16-14-31)25(33)21-7-9-22(10-8-21)30-26-28-17-19(18-29-26)5-6-20-3-2-4-24-23(20)11-12-27-24/h2-12,17-18,27H,13-16H2,1H3,(H,28,29,30). The van der Waals surface area contributed by atoms with Crippen molar-refractivity contribution in [2.45, 2.75) is 0 Å². The highest BCUT2D eigenvalue weighted by molar-refractivity contribution is 5.94. The van der Waals surface area contributed by atoms with E-state index in [0.29, 0.717) is 11.5 Å². The van der Waals surface area contributed by atoms with E-state index in [4.69, 9.17) is 0 Å². The van der Waals surface area contributed by atoms with Gasteiger partial charge in [0.25, 0.3) is 5.91 Å². The van der Waals surface area contributed by atoms with Gasteiger partial charge in [-0.15, -0.1) is 0 Å². The molecule has 0 saturated carbocycles. The molecule has 1 fully saturated rings. The van der Waals surface area contributed by atoms with E-state index in [9.17, 15) is 4.79 Å². The summed E-state index contributed by atoms with van der Waals surface area (Å²) in [6.07, 6.45) is 9.59. The molecule has 2 N–H and O–H groups in total. The van der Waals surface area contributed by atoms with E-state index in [1.54, 1.807) is 12.4 Å². The number of amides is 1. The summed E-state index contributed by atoms with van der Waals surface area (Å²) >= 11 is 0. The maximum atomic E-state index is 12.7. The number of likely N-dealkylation sites (N-methyl/N-ethyl adjacent to an activating group) is 1. The number of H-pyrrole nitrogens is 1. The normalized spacial score (nSPS) is 14.8. The van der Waals surface area contributed by atoms with Crippen LogP contribution in [0.3, 0.4) is 0 Å². The monoisotopic (exact) mass is 438 g/mol. The molecule has 0 atom stereocenters. The van der Waals surface area contributed by atoms with Gasteiger partial charge in [-0.2, -0.15) is 0 Å². The first-order chi connectivity index (χ1) is 16.2. The molecule has 7 nitrogen and oxygen atoms in total. The van der Waals surface area contributed by atoms with Crippen LogP contribution in [-0.4, -0.2) is 63.9 Å². The Morgan fingerprint density at radius 2 is 1.73 bits per heavy atom. The average molecular weight is 439 g/mol. The van der Waals surface area contributed by atoms with Crippen molar-refractivity contribution in [2.75, 3.05) is 38.5 Å². The molecule has 4 aromatic rings. The largest absolute Gasteiger partial charge is 0.361 e. The Balaban J connectivity index is 1.21. The van der Waals surface area contributed by atoms with E-state index in [1.165, 1.54) is 5.39 Å². The van der Waals surface area contributed by atoms with Gasteiger partial charge in [-0.3, -0.25) is 4.79 Å². The van der Waals surface area contributed by atoms with E-state index in [1.807, 2.05) is 47.5 Å². The second-order valence-electron chi connectivity index (χ2n) is 8.26. The van der Waals surface area contributed by atoms with Gasteiger partial charge in [0.1, 0.15) is 0 Å². The molecule has 5 rings (SSSR count). The summed E-state index contributed by atoms with van der Waals surface area (Å²) in [6.45, 7) is 3.36. The summed E-state index contributed by atoms with van der Waals surface area (Å²) in [5.74, 6) is 0.593. The molecule has 2 aromatic carbocycles. The zero-order valence-corrected chi connectivity index (χ0v) is 18.5. The quantitative estimate of drug-likeness (QED) is 0.487. The van der Waals surface area contributed by atoms with Gasteiger partial charge in [0.05, 0.1) is 0 Å². The van der Waals surface area contributed by atoms with E-state index in [2.05, 4.69) is 56.5 Å². The van der Waals surface area contributed by atoms with Crippen molar-refractivity contribution in [3.05, 3.63) is 83.8 Å². The van der Waals surface area contributed by atoms with Crippen LogP contribution in [0.2, 0.25) is 0 Å². The van der Waals surface area contributed by atoms with Crippen molar-refractivity contribution in [1.29, 1.82) is 0 Å². The van der Waals surface area contributed by atoms with Gasteiger partial charge in [0.2, 0.25) is 5.95 Å². The van der Waals surface area contributed by atoms with E-state index in [0.717, 1.165) is 48.5 Å². The maximum absolute atomic E-state index is 12.7. The molecular formula is C26H26N6O. The number of aromatic amines is 1. The highest BCUT2D eigenvalue weighted by Gasteiger charge is 2.20. The van der Waals surface area contributed by atoms with Crippen LogP contribution >= 0.6 is 0 Å². The van der Waals surface area contributed by atoms with Gasteiger partial charge in [-0.25, -0.2) is 9.97 Å². The molecular weight excluding hydrogens is 412 g/mol. The first kappa shape index (κ1) is 20.9. The average Bonchev–Trinajstić information content (AvgIpc) is 3.34. The molecule has 1 aliphatic rings. The second-order valence-corrected chi connectivity index (χ2v) is 8.26. The van der Waals surface area contributed by atoms with Gasteiger partial charge in [0, 0.05) is 72.5 Å². The third-order valence-corrected chi connectivity index (χ3v) is 5.93. The first-order valence-electron chi connectivity index (χ1n) is 11.1. The molecule has 0 spiro atoms. The Morgan fingerprint density at radius 3 is 2.48 bits per heavy atom. The molecule has 0 unspecified atom stereocenters. The molecule has 0 bridgehead atoms. The third-order valence-electron chi connectivity index (χ3n) is 5.93. The number of benzene rings is 2. The van der Waals surface area contributed by atoms with Crippen molar-refractivity contribution in [1.82, 2.24) is 24.8 Å². The number of carbonyl (C=O) groups is 1. The van der Waals surface area contributed by atoms with Crippen LogP contribution < -0.4 is 5.32 Å². The van der Waals surface area contributed by atoms with Gasteiger partial charge in [0.15, 0.2) is 0 Å². The SMILES string of the molecule is CN1CCN(C(=O)c2ccc(Nc3ncc(C=Cc4cccc5[nH]ccc45)cn3)cc2)CC1. The van der Waals surface area contributed by atoms with Crippen molar-refractivity contribution >= 4 is 40.6 Å². The molecule has 1 amide bonds. The fraction of sp³-hybridized carbons (Fsp3) is 0.192.